The molecule has 10 nitrogen and oxygen atoms in total. The molecule has 2 aliphatic heterocycles. The zero-order valence-electron chi connectivity index (χ0n) is 23.9. The van der Waals surface area contributed by atoms with E-state index in [1.807, 2.05) is 21.9 Å². The molecule has 0 saturated carbocycles. The number of aryl methyl sites for hydroxylation is 1. The molecular formula is C30H37ClN8O2. The Morgan fingerprint density at radius 1 is 0.805 bits per heavy atom. The Hall–Kier alpha value is -4.05. The van der Waals surface area contributed by atoms with Crippen LogP contribution < -0.4 is 20.4 Å². The number of hydrogen-bond donors (Lipinski definition) is 2. The second-order valence-corrected chi connectivity index (χ2v) is 10.8. The van der Waals surface area contributed by atoms with Crippen LogP contribution in [0.25, 0.3) is 0 Å². The standard InChI is InChI=1S/C30H37ClN8O2/c1-4-23-19-26(39-17-13-37(14-18-39)22(3)41)9-10-28(23)34-30-32-20-27(31)29(35-30)33-24-5-7-25(8-6-24)38-15-11-36(12-16-38)21(2)40/h5-10,19-20H,4,11-18H2,1-3H3,(H2,32,33,34,35). The maximum absolute atomic E-state index is 11.7. The summed E-state index contributed by atoms with van der Waals surface area (Å²) in [6.07, 6.45) is 2.44. The third-order valence-corrected chi connectivity index (χ3v) is 8.05. The van der Waals surface area contributed by atoms with Crippen LogP contribution in [0.15, 0.2) is 48.7 Å². The van der Waals surface area contributed by atoms with E-state index >= 15 is 0 Å². The van der Waals surface area contributed by atoms with Crippen molar-refractivity contribution in [2.24, 2.45) is 0 Å². The van der Waals surface area contributed by atoms with Crippen LogP contribution in [0.1, 0.15) is 26.3 Å². The quantitative estimate of drug-likeness (QED) is 0.424. The fraction of sp³-hybridized carbons (Fsp3) is 0.400. The third kappa shape index (κ3) is 6.82. The predicted molar refractivity (Wildman–Crippen MR) is 165 cm³/mol. The maximum Gasteiger partial charge on any atom is 0.229 e. The van der Waals surface area contributed by atoms with Gasteiger partial charge in [-0.05, 0) is 54.4 Å². The molecule has 3 heterocycles. The van der Waals surface area contributed by atoms with Crippen molar-refractivity contribution in [3.8, 4) is 0 Å². The van der Waals surface area contributed by atoms with Crippen LogP contribution in [0.2, 0.25) is 5.02 Å². The number of carbonyl (C=O) groups is 2. The van der Waals surface area contributed by atoms with E-state index in [9.17, 15) is 9.59 Å². The number of hydrogen-bond acceptors (Lipinski definition) is 8. The second-order valence-electron chi connectivity index (χ2n) is 10.4. The van der Waals surface area contributed by atoms with E-state index in [4.69, 9.17) is 11.6 Å². The Morgan fingerprint density at radius 3 is 1.93 bits per heavy atom. The molecule has 2 aliphatic rings. The molecule has 1 aromatic heterocycles. The van der Waals surface area contributed by atoms with Gasteiger partial charge >= 0.3 is 0 Å². The zero-order valence-corrected chi connectivity index (χ0v) is 24.6. The van der Waals surface area contributed by atoms with E-state index in [2.05, 4.69) is 67.7 Å². The number of rotatable bonds is 7. The highest BCUT2D eigenvalue weighted by Crippen LogP contribution is 2.29. The SMILES string of the molecule is CCc1cc(N2CCN(C(C)=O)CC2)ccc1Nc1ncc(Cl)c(Nc2ccc(N3CCN(C(C)=O)CC3)cc2)n1. The van der Waals surface area contributed by atoms with Crippen molar-refractivity contribution in [1.29, 1.82) is 0 Å². The molecule has 0 radical (unpaired) electrons. The highest BCUT2D eigenvalue weighted by atomic mass is 35.5. The van der Waals surface area contributed by atoms with E-state index < -0.39 is 0 Å². The summed E-state index contributed by atoms with van der Waals surface area (Å²) in [5.41, 5.74) is 5.24. The van der Waals surface area contributed by atoms with Crippen LogP contribution in [0, 0.1) is 0 Å². The molecule has 2 amide bonds. The monoisotopic (exact) mass is 576 g/mol. The molecule has 0 atom stereocenters. The van der Waals surface area contributed by atoms with Gasteiger partial charge in [-0.15, -0.1) is 0 Å². The van der Waals surface area contributed by atoms with Crippen LogP contribution in [-0.2, 0) is 16.0 Å². The summed E-state index contributed by atoms with van der Waals surface area (Å²) in [4.78, 5) is 40.7. The van der Waals surface area contributed by atoms with Crippen LogP contribution in [-0.4, -0.2) is 83.9 Å². The van der Waals surface area contributed by atoms with E-state index in [0.29, 0.717) is 16.8 Å². The van der Waals surface area contributed by atoms with Crippen LogP contribution in [0.3, 0.4) is 0 Å². The van der Waals surface area contributed by atoms with Gasteiger partial charge in [-0.3, -0.25) is 9.59 Å². The van der Waals surface area contributed by atoms with Crippen molar-refractivity contribution in [2.75, 3.05) is 72.8 Å². The topological polar surface area (TPSA) is 96.9 Å². The molecule has 2 aromatic carbocycles. The minimum atomic E-state index is 0.128. The first-order valence-corrected chi connectivity index (χ1v) is 14.5. The van der Waals surface area contributed by atoms with Gasteiger partial charge in [0.1, 0.15) is 5.02 Å². The van der Waals surface area contributed by atoms with Gasteiger partial charge in [-0.1, -0.05) is 18.5 Å². The predicted octanol–water partition coefficient (Wildman–Crippen LogP) is 4.52. The maximum atomic E-state index is 11.7. The molecule has 0 unspecified atom stereocenters. The van der Waals surface area contributed by atoms with Crippen molar-refractivity contribution in [2.45, 2.75) is 27.2 Å². The van der Waals surface area contributed by atoms with E-state index in [0.717, 1.165) is 87.1 Å². The van der Waals surface area contributed by atoms with Crippen LogP contribution >= 0.6 is 11.6 Å². The molecule has 0 aliphatic carbocycles. The number of anilines is 6. The lowest BCUT2D eigenvalue weighted by molar-refractivity contribution is -0.129. The Labute approximate surface area is 246 Å². The molecule has 3 aromatic rings. The lowest BCUT2D eigenvalue weighted by Crippen LogP contribution is -2.48. The van der Waals surface area contributed by atoms with E-state index in [1.165, 1.54) is 0 Å². The number of nitrogens with zero attached hydrogens (tertiary/aromatic N) is 6. The smallest absolute Gasteiger partial charge is 0.229 e. The molecule has 5 rings (SSSR count). The fourth-order valence-electron chi connectivity index (χ4n) is 5.28. The molecule has 2 N–H and O–H groups in total. The average molecular weight is 577 g/mol. The van der Waals surface area contributed by atoms with Gasteiger partial charge < -0.3 is 30.2 Å². The van der Waals surface area contributed by atoms with Gasteiger partial charge in [-0.2, -0.15) is 4.98 Å². The summed E-state index contributed by atoms with van der Waals surface area (Å²) in [5.74, 6) is 1.23. The summed E-state index contributed by atoms with van der Waals surface area (Å²) in [6.45, 7) is 11.6. The summed E-state index contributed by atoms with van der Waals surface area (Å²) in [5, 5.41) is 7.11. The van der Waals surface area contributed by atoms with E-state index in [1.54, 1.807) is 20.0 Å². The minimum Gasteiger partial charge on any atom is -0.368 e. The molecule has 11 heteroatoms. The Bertz CT molecular complexity index is 1380. The number of amides is 2. The number of nitrogens with one attached hydrogen (secondary N) is 2. The third-order valence-electron chi connectivity index (χ3n) is 7.77. The number of piperazine rings is 2. The normalized spacial score (nSPS) is 15.6. The number of aromatic nitrogens is 2. The summed E-state index contributed by atoms with van der Waals surface area (Å²) >= 11 is 6.45. The van der Waals surface area contributed by atoms with Crippen LogP contribution in [0.5, 0.6) is 0 Å². The van der Waals surface area contributed by atoms with Gasteiger partial charge in [0, 0.05) is 89.0 Å². The molecule has 0 bridgehead atoms. The first kappa shape index (κ1) is 28.5. The zero-order chi connectivity index (χ0) is 28.9. The van der Waals surface area contributed by atoms with Crippen molar-refractivity contribution < 1.29 is 9.59 Å². The molecule has 0 spiro atoms. The van der Waals surface area contributed by atoms with Crippen molar-refractivity contribution in [3.05, 3.63) is 59.2 Å². The second kappa shape index (κ2) is 12.6. The first-order chi connectivity index (χ1) is 19.8. The fourth-order valence-corrected chi connectivity index (χ4v) is 5.42. The number of halogens is 1. The van der Waals surface area contributed by atoms with Crippen molar-refractivity contribution in [3.63, 3.8) is 0 Å². The molecule has 41 heavy (non-hydrogen) atoms. The highest BCUT2D eigenvalue weighted by Gasteiger charge is 2.20. The minimum absolute atomic E-state index is 0.128. The lowest BCUT2D eigenvalue weighted by Gasteiger charge is -2.36. The lowest BCUT2D eigenvalue weighted by atomic mass is 10.1. The summed E-state index contributed by atoms with van der Waals surface area (Å²) in [6, 6.07) is 14.5. The van der Waals surface area contributed by atoms with Crippen LogP contribution in [0.4, 0.5) is 34.5 Å². The Morgan fingerprint density at radius 2 is 1.37 bits per heavy atom. The van der Waals surface area contributed by atoms with Gasteiger partial charge in [-0.25, -0.2) is 4.98 Å². The summed E-state index contributed by atoms with van der Waals surface area (Å²) in [7, 11) is 0. The number of carbonyl (C=O) groups excluding carboxylic acids is 2. The Kier molecular flexibility index (Phi) is 8.78. The largest absolute Gasteiger partial charge is 0.368 e. The molecule has 216 valence electrons. The van der Waals surface area contributed by atoms with E-state index in [-0.39, 0.29) is 11.8 Å². The van der Waals surface area contributed by atoms with Crippen molar-refractivity contribution in [1.82, 2.24) is 19.8 Å². The Balaban J connectivity index is 1.23. The summed E-state index contributed by atoms with van der Waals surface area (Å²) < 4.78 is 0. The number of benzene rings is 2. The van der Waals surface area contributed by atoms with Crippen molar-refractivity contribution >= 4 is 57.9 Å². The van der Waals surface area contributed by atoms with Gasteiger partial charge in [0.2, 0.25) is 17.8 Å². The van der Waals surface area contributed by atoms with Gasteiger partial charge in [0.25, 0.3) is 0 Å². The first-order valence-electron chi connectivity index (χ1n) is 14.1. The molecular weight excluding hydrogens is 540 g/mol. The highest BCUT2D eigenvalue weighted by molar-refractivity contribution is 6.32. The molecule has 2 saturated heterocycles. The average Bonchev–Trinajstić information content (AvgIpc) is 2.99. The van der Waals surface area contributed by atoms with Gasteiger partial charge in [0.15, 0.2) is 5.82 Å². The van der Waals surface area contributed by atoms with Gasteiger partial charge in [0.05, 0.1) is 6.20 Å². The molecule has 2 fully saturated rings.